The minimum absolute atomic E-state index is 0.707. The Balaban J connectivity index is 1.55. The molecule has 0 atom stereocenters. The summed E-state index contributed by atoms with van der Waals surface area (Å²) in [5, 5.41) is 0. The number of nitrogens with one attached hydrogen (secondary N) is 1. The van der Waals surface area contributed by atoms with Crippen molar-refractivity contribution >= 4 is 22.8 Å². The summed E-state index contributed by atoms with van der Waals surface area (Å²) < 4.78 is 0. The van der Waals surface area contributed by atoms with E-state index in [4.69, 9.17) is 0 Å². The Hall–Kier alpha value is -2.77. The lowest BCUT2D eigenvalue weighted by molar-refractivity contribution is 0.640. The zero-order valence-corrected chi connectivity index (χ0v) is 12.3. The van der Waals surface area contributed by atoms with Gasteiger partial charge in [-0.1, -0.05) is 0 Å². The molecule has 8 nitrogen and oxygen atoms in total. The minimum Gasteiger partial charge on any atom is -0.353 e. The summed E-state index contributed by atoms with van der Waals surface area (Å²) in [7, 11) is 0. The van der Waals surface area contributed by atoms with Crippen molar-refractivity contribution in [3.8, 4) is 0 Å². The number of piperazine rings is 1. The average molecular weight is 296 g/mol. The second-order valence-electron chi connectivity index (χ2n) is 5.30. The number of hydrogen-bond donors (Lipinski definition) is 1. The van der Waals surface area contributed by atoms with Crippen molar-refractivity contribution in [2.45, 2.75) is 6.92 Å². The number of anilines is 2. The Morgan fingerprint density at radius 1 is 0.909 bits per heavy atom. The summed E-state index contributed by atoms with van der Waals surface area (Å²) in [6.07, 6.45) is 6.68. The van der Waals surface area contributed by atoms with Gasteiger partial charge in [0.25, 0.3) is 0 Å². The molecule has 0 spiro atoms. The number of imidazole rings is 1. The monoisotopic (exact) mass is 296 g/mol. The summed E-state index contributed by atoms with van der Waals surface area (Å²) in [4.78, 5) is 28.9. The van der Waals surface area contributed by atoms with Gasteiger partial charge in [-0.05, 0) is 6.92 Å². The lowest BCUT2D eigenvalue weighted by atomic mass is 10.2. The van der Waals surface area contributed by atoms with Crippen LogP contribution in [0.4, 0.5) is 11.6 Å². The van der Waals surface area contributed by atoms with Gasteiger partial charge < -0.3 is 14.8 Å². The zero-order valence-electron chi connectivity index (χ0n) is 12.3. The van der Waals surface area contributed by atoms with E-state index in [2.05, 4.69) is 39.7 Å². The van der Waals surface area contributed by atoms with Gasteiger partial charge >= 0.3 is 0 Å². The van der Waals surface area contributed by atoms with Crippen LogP contribution in [-0.2, 0) is 0 Å². The fourth-order valence-electron chi connectivity index (χ4n) is 2.85. The second-order valence-corrected chi connectivity index (χ2v) is 5.30. The number of rotatable bonds is 2. The van der Waals surface area contributed by atoms with Gasteiger partial charge in [0.2, 0.25) is 0 Å². The van der Waals surface area contributed by atoms with Gasteiger partial charge in [-0.15, -0.1) is 0 Å². The van der Waals surface area contributed by atoms with Crippen LogP contribution in [0, 0.1) is 6.92 Å². The van der Waals surface area contributed by atoms with Crippen LogP contribution in [-0.4, -0.2) is 56.1 Å². The molecular formula is C14H16N8. The first-order valence-electron chi connectivity index (χ1n) is 7.23. The molecule has 3 aromatic rings. The maximum atomic E-state index is 4.42. The number of aryl methyl sites for hydroxylation is 1. The lowest BCUT2D eigenvalue weighted by Gasteiger charge is -2.36. The van der Waals surface area contributed by atoms with Gasteiger partial charge in [-0.3, -0.25) is 0 Å². The number of H-pyrrole nitrogens is 1. The molecule has 1 N–H and O–H groups in total. The quantitative estimate of drug-likeness (QED) is 0.747. The number of aromatic amines is 1. The van der Waals surface area contributed by atoms with Crippen LogP contribution in [0.25, 0.3) is 11.2 Å². The number of hydrogen-bond acceptors (Lipinski definition) is 7. The van der Waals surface area contributed by atoms with E-state index in [0.29, 0.717) is 5.65 Å². The Kier molecular flexibility index (Phi) is 3.06. The van der Waals surface area contributed by atoms with E-state index in [1.807, 2.05) is 13.1 Å². The average Bonchev–Trinajstić information content (AvgIpc) is 3.04. The van der Waals surface area contributed by atoms with Crippen LogP contribution in [0.5, 0.6) is 0 Å². The molecule has 0 saturated carbocycles. The predicted molar refractivity (Wildman–Crippen MR) is 82.9 cm³/mol. The Bertz CT molecular complexity index is 790. The maximum absolute atomic E-state index is 4.42. The third kappa shape index (κ3) is 2.12. The molecule has 0 unspecified atom stereocenters. The second kappa shape index (κ2) is 5.21. The number of fused-ring (bicyclic) bond motifs is 1. The minimum atomic E-state index is 0.707. The molecule has 1 saturated heterocycles. The molecular weight excluding hydrogens is 280 g/mol. The van der Waals surface area contributed by atoms with Gasteiger partial charge in [0.15, 0.2) is 11.5 Å². The van der Waals surface area contributed by atoms with Crippen LogP contribution in [0.2, 0.25) is 0 Å². The van der Waals surface area contributed by atoms with E-state index in [1.165, 1.54) is 0 Å². The molecule has 1 fully saturated rings. The first-order chi connectivity index (χ1) is 10.8. The van der Waals surface area contributed by atoms with Crippen LogP contribution in [0.15, 0.2) is 25.2 Å². The number of nitrogens with zero attached hydrogens (tertiary/aromatic N) is 7. The van der Waals surface area contributed by atoms with Crippen molar-refractivity contribution in [3.05, 3.63) is 30.7 Å². The third-order valence-corrected chi connectivity index (χ3v) is 3.95. The molecule has 8 heteroatoms. The molecule has 22 heavy (non-hydrogen) atoms. The fraction of sp³-hybridized carbons (Fsp3) is 0.357. The highest BCUT2D eigenvalue weighted by molar-refractivity contribution is 5.82. The molecule has 0 aromatic carbocycles. The summed E-state index contributed by atoms with van der Waals surface area (Å²) in [5.41, 5.74) is 2.71. The highest BCUT2D eigenvalue weighted by atomic mass is 15.3. The highest BCUT2D eigenvalue weighted by Crippen LogP contribution is 2.23. The first kappa shape index (κ1) is 12.9. The molecule has 4 heterocycles. The van der Waals surface area contributed by atoms with Crippen molar-refractivity contribution in [1.29, 1.82) is 0 Å². The lowest BCUT2D eigenvalue weighted by Crippen LogP contribution is -2.47. The Morgan fingerprint density at radius 3 is 2.41 bits per heavy atom. The molecule has 1 aliphatic heterocycles. The summed E-state index contributed by atoms with van der Waals surface area (Å²) in [6, 6.07) is 0. The van der Waals surface area contributed by atoms with Gasteiger partial charge in [0.05, 0.1) is 6.33 Å². The molecule has 0 bridgehead atoms. The Labute approximate surface area is 127 Å². The topological polar surface area (TPSA) is 86.7 Å². The standard InChI is InChI=1S/C14H16N8/c1-10-6-15-7-19-13(10)21-2-4-22(5-3-21)14-11-12(17-8-16-11)18-9-20-14/h6-9H,2-5H2,1H3,(H,16,17,18,20). The molecule has 4 rings (SSSR count). The zero-order chi connectivity index (χ0) is 14.9. The van der Waals surface area contributed by atoms with Gasteiger partial charge in [-0.25, -0.2) is 24.9 Å². The molecule has 0 aliphatic carbocycles. The molecule has 0 radical (unpaired) electrons. The van der Waals surface area contributed by atoms with E-state index >= 15 is 0 Å². The van der Waals surface area contributed by atoms with Crippen molar-refractivity contribution in [2.75, 3.05) is 36.0 Å². The van der Waals surface area contributed by atoms with Crippen molar-refractivity contribution in [3.63, 3.8) is 0 Å². The summed E-state index contributed by atoms with van der Waals surface area (Å²) in [5.74, 6) is 1.94. The van der Waals surface area contributed by atoms with Gasteiger partial charge in [-0.2, -0.15) is 0 Å². The predicted octanol–water partition coefficient (Wildman–Crippen LogP) is 0.778. The normalized spacial score (nSPS) is 15.5. The maximum Gasteiger partial charge on any atom is 0.182 e. The largest absolute Gasteiger partial charge is 0.353 e. The SMILES string of the molecule is Cc1cncnc1N1CCN(c2ncnc3nc[nH]c23)CC1. The molecule has 0 amide bonds. The van der Waals surface area contributed by atoms with E-state index in [0.717, 1.165) is 48.9 Å². The Morgan fingerprint density at radius 2 is 1.64 bits per heavy atom. The highest BCUT2D eigenvalue weighted by Gasteiger charge is 2.22. The summed E-state index contributed by atoms with van der Waals surface area (Å²) in [6.45, 7) is 5.61. The molecule has 3 aromatic heterocycles. The molecule has 112 valence electrons. The van der Waals surface area contributed by atoms with E-state index in [9.17, 15) is 0 Å². The van der Waals surface area contributed by atoms with E-state index in [-0.39, 0.29) is 0 Å². The number of aromatic nitrogens is 6. The van der Waals surface area contributed by atoms with Crippen molar-refractivity contribution < 1.29 is 0 Å². The summed E-state index contributed by atoms with van der Waals surface area (Å²) >= 11 is 0. The van der Waals surface area contributed by atoms with E-state index in [1.54, 1.807) is 19.0 Å². The smallest absolute Gasteiger partial charge is 0.182 e. The van der Waals surface area contributed by atoms with Crippen LogP contribution in [0.1, 0.15) is 5.56 Å². The van der Waals surface area contributed by atoms with Crippen molar-refractivity contribution in [1.82, 2.24) is 29.9 Å². The van der Waals surface area contributed by atoms with Crippen molar-refractivity contribution in [2.24, 2.45) is 0 Å². The fourth-order valence-corrected chi connectivity index (χ4v) is 2.85. The van der Waals surface area contributed by atoms with E-state index < -0.39 is 0 Å². The van der Waals surface area contributed by atoms with Crippen LogP contribution >= 0.6 is 0 Å². The van der Waals surface area contributed by atoms with Crippen LogP contribution in [0.3, 0.4) is 0 Å². The molecule has 1 aliphatic rings. The first-order valence-corrected chi connectivity index (χ1v) is 7.23. The van der Waals surface area contributed by atoms with Crippen LogP contribution < -0.4 is 9.80 Å². The third-order valence-electron chi connectivity index (χ3n) is 3.95. The van der Waals surface area contributed by atoms with Gasteiger partial charge in [0.1, 0.15) is 24.0 Å². The van der Waals surface area contributed by atoms with Gasteiger partial charge in [0, 0.05) is 37.9 Å².